The van der Waals surface area contributed by atoms with E-state index >= 15 is 0 Å². The molecule has 0 radical (unpaired) electrons. The number of urea groups is 1. The van der Waals surface area contributed by atoms with Crippen molar-refractivity contribution >= 4 is 41.9 Å². The van der Waals surface area contributed by atoms with E-state index in [1.165, 1.54) is 10.5 Å². The number of carbonyl (C=O) groups is 2. The first-order valence-corrected chi connectivity index (χ1v) is 9.47. The Bertz CT molecular complexity index is 668. The van der Waals surface area contributed by atoms with Crippen LogP contribution in [0.2, 0.25) is 0 Å². The molecule has 1 unspecified atom stereocenters. The number of benzene rings is 1. The van der Waals surface area contributed by atoms with Crippen LogP contribution in [0.15, 0.2) is 35.3 Å². The standard InChI is InChI=1S/C19H28N6O2.HI/c1-20-18(21-9-11-25-17(26)12-22-19(25)27)23-16-8-5-10-24(14-16)13-15-6-3-2-4-7-15;/h2-4,6-7,16H,5,8-14H2,1H3,(H,22,27)(H2,20,21,23);1H. The molecule has 28 heavy (non-hydrogen) atoms. The highest BCUT2D eigenvalue weighted by Gasteiger charge is 2.27. The molecule has 3 rings (SSSR count). The van der Waals surface area contributed by atoms with Crippen molar-refractivity contribution in [1.29, 1.82) is 0 Å². The fraction of sp³-hybridized carbons (Fsp3) is 0.526. The van der Waals surface area contributed by atoms with Crippen molar-refractivity contribution in [3.8, 4) is 0 Å². The number of amides is 3. The van der Waals surface area contributed by atoms with Gasteiger partial charge < -0.3 is 16.0 Å². The number of likely N-dealkylation sites (tertiary alicyclic amines) is 1. The van der Waals surface area contributed by atoms with Gasteiger partial charge in [0.1, 0.15) is 0 Å². The van der Waals surface area contributed by atoms with Gasteiger partial charge in [-0.15, -0.1) is 24.0 Å². The van der Waals surface area contributed by atoms with Crippen LogP contribution in [0.25, 0.3) is 0 Å². The number of hydrogen-bond donors (Lipinski definition) is 3. The molecule has 1 atom stereocenters. The Morgan fingerprint density at radius 3 is 2.75 bits per heavy atom. The molecule has 0 spiro atoms. The molecular weight excluding hydrogens is 471 g/mol. The van der Waals surface area contributed by atoms with E-state index in [1.807, 2.05) is 6.07 Å². The average molecular weight is 500 g/mol. The van der Waals surface area contributed by atoms with Crippen LogP contribution in [0.4, 0.5) is 4.79 Å². The molecule has 3 amide bonds. The maximum Gasteiger partial charge on any atom is 0.324 e. The van der Waals surface area contributed by atoms with Crippen molar-refractivity contribution in [2.45, 2.75) is 25.4 Å². The van der Waals surface area contributed by atoms with Gasteiger partial charge in [0.05, 0.1) is 6.54 Å². The van der Waals surface area contributed by atoms with Crippen LogP contribution in [-0.4, -0.2) is 73.5 Å². The summed E-state index contributed by atoms with van der Waals surface area (Å²) >= 11 is 0. The van der Waals surface area contributed by atoms with Crippen molar-refractivity contribution in [2.24, 2.45) is 4.99 Å². The highest BCUT2D eigenvalue weighted by Crippen LogP contribution is 2.13. The number of rotatable bonds is 6. The van der Waals surface area contributed by atoms with E-state index < -0.39 is 0 Å². The van der Waals surface area contributed by atoms with Crippen molar-refractivity contribution < 1.29 is 9.59 Å². The van der Waals surface area contributed by atoms with E-state index in [2.05, 4.69) is 50.1 Å². The number of piperidine rings is 1. The van der Waals surface area contributed by atoms with Crippen molar-refractivity contribution in [1.82, 2.24) is 25.8 Å². The molecule has 1 aromatic carbocycles. The second-order valence-corrected chi connectivity index (χ2v) is 6.91. The van der Waals surface area contributed by atoms with Gasteiger partial charge in [0, 0.05) is 39.3 Å². The third-order valence-corrected chi connectivity index (χ3v) is 4.88. The van der Waals surface area contributed by atoms with Crippen molar-refractivity contribution in [3.63, 3.8) is 0 Å². The summed E-state index contributed by atoms with van der Waals surface area (Å²) < 4.78 is 0. The molecule has 1 aromatic rings. The lowest BCUT2D eigenvalue weighted by Gasteiger charge is -2.34. The Hall–Kier alpha value is -1.88. The predicted octanol–water partition coefficient (Wildman–Crippen LogP) is 0.986. The Labute approximate surface area is 183 Å². The Kier molecular flexibility index (Phi) is 8.97. The number of aliphatic imine (C=N–C) groups is 1. The zero-order chi connectivity index (χ0) is 19.1. The van der Waals surface area contributed by atoms with E-state index in [-0.39, 0.29) is 42.5 Å². The molecule has 2 aliphatic heterocycles. The van der Waals surface area contributed by atoms with Gasteiger partial charge >= 0.3 is 6.03 Å². The van der Waals surface area contributed by atoms with E-state index in [4.69, 9.17) is 0 Å². The van der Waals surface area contributed by atoms with Crippen LogP contribution in [0, 0.1) is 0 Å². The second kappa shape index (κ2) is 11.2. The number of nitrogens with one attached hydrogen (secondary N) is 3. The van der Waals surface area contributed by atoms with Gasteiger partial charge in [-0.2, -0.15) is 0 Å². The summed E-state index contributed by atoms with van der Waals surface area (Å²) in [6.07, 6.45) is 2.24. The van der Waals surface area contributed by atoms with E-state index in [0.717, 1.165) is 32.5 Å². The first-order valence-electron chi connectivity index (χ1n) is 9.47. The quantitative estimate of drug-likeness (QED) is 0.235. The van der Waals surface area contributed by atoms with Crippen LogP contribution >= 0.6 is 24.0 Å². The van der Waals surface area contributed by atoms with Gasteiger partial charge in [-0.05, 0) is 24.9 Å². The third kappa shape index (κ3) is 6.33. The molecule has 2 heterocycles. The number of nitrogens with zero attached hydrogens (tertiary/aromatic N) is 3. The molecule has 9 heteroatoms. The fourth-order valence-electron chi connectivity index (χ4n) is 3.51. The summed E-state index contributed by atoms with van der Waals surface area (Å²) in [7, 11) is 1.73. The molecule has 0 aromatic heterocycles. The number of imide groups is 1. The molecule has 2 fully saturated rings. The summed E-state index contributed by atoms with van der Waals surface area (Å²) in [5, 5.41) is 9.18. The Morgan fingerprint density at radius 2 is 2.07 bits per heavy atom. The second-order valence-electron chi connectivity index (χ2n) is 6.91. The third-order valence-electron chi connectivity index (χ3n) is 4.88. The molecule has 0 aliphatic carbocycles. The summed E-state index contributed by atoms with van der Waals surface area (Å²) in [4.78, 5) is 31.1. The van der Waals surface area contributed by atoms with Crippen molar-refractivity contribution in [2.75, 3.05) is 39.8 Å². The summed E-state index contributed by atoms with van der Waals surface area (Å²) in [5.74, 6) is 0.516. The number of carbonyl (C=O) groups excluding carboxylic acids is 2. The highest BCUT2D eigenvalue weighted by atomic mass is 127. The maximum atomic E-state index is 11.6. The summed E-state index contributed by atoms with van der Waals surface area (Å²) in [5.41, 5.74) is 1.33. The van der Waals surface area contributed by atoms with Gasteiger partial charge in [0.25, 0.3) is 0 Å². The molecule has 0 bridgehead atoms. The smallest absolute Gasteiger partial charge is 0.324 e. The van der Waals surface area contributed by atoms with E-state index in [1.54, 1.807) is 7.05 Å². The average Bonchev–Trinajstić information content (AvgIpc) is 3.00. The van der Waals surface area contributed by atoms with Gasteiger partial charge in [0.15, 0.2) is 5.96 Å². The zero-order valence-corrected chi connectivity index (χ0v) is 18.5. The normalized spacial score (nSPS) is 20.5. The van der Waals surface area contributed by atoms with E-state index in [9.17, 15) is 9.59 Å². The van der Waals surface area contributed by atoms with Gasteiger partial charge in [-0.25, -0.2) is 4.79 Å². The number of halogens is 1. The number of hydrogen-bond acceptors (Lipinski definition) is 4. The molecule has 3 N–H and O–H groups in total. The van der Waals surface area contributed by atoms with E-state index in [0.29, 0.717) is 25.1 Å². The Balaban J connectivity index is 0.00000280. The topological polar surface area (TPSA) is 89.1 Å². The summed E-state index contributed by atoms with van der Waals surface area (Å²) in [6.45, 7) is 3.91. The van der Waals surface area contributed by atoms with Gasteiger partial charge in [-0.1, -0.05) is 30.3 Å². The maximum absolute atomic E-state index is 11.6. The largest absolute Gasteiger partial charge is 0.355 e. The minimum Gasteiger partial charge on any atom is -0.355 e. The number of guanidine groups is 1. The lowest BCUT2D eigenvalue weighted by molar-refractivity contribution is -0.124. The first kappa shape index (κ1) is 22.4. The molecule has 154 valence electrons. The van der Waals surface area contributed by atoms with Crippen LogP contribution in [-0.2, 0) is 11.3 Å². The molecule has 2 aliphatic rings. The lowest BCUT2D eigenvalue weighted by atomic mass is 10.0. The lowest BCUT2D eigenvalue weighted by Crippen LogP contribution is -2.52. The monoisotopic (exact) mass is 500 g/mol. The van der Waals surface area contributed by atoms with Crippen LogP contribution in [0.1, 0.15) is 18.4 Å². The van der Waals surface area contributed by atoms with Crippen LogP contribution < -0.4 is 16.0 Å². The molecule has 8 nitrogen and oxygen atoms in total. The van der Waals surface area contributed by atoms with Gasteiger partial charge in [0.2, 0.25) is 5.91 Å². The van der Waals surface area contributed by atoms with Crippen LogP contribution in [0.5, 0.6) is 0 Å². The molecular formula is C19H29IN6O2. The van der Waals surface area contributed by atoms with Crippen molar-refractivity contribution in [3.05, 3.63) is 35.9 Å². The first-order chi connectivity index (χ1) is 13.2. The summed E-state index contributed by atoms with van der Waals surface area (Å²) in [6, 6.07) is 10.5. The SMILES string of the molecule is CN=C(NCCN1C(=O)CNC1=O)NC1CCCN(Cc2ccccc2)C1.I. The predicted molar refractivity (Wildman–Crippen MR) is 120 cm³/mol. The zero-order valence-electron chi connectivity index (χ0n) is 16.2. The fourth-order valence-corrected chi connectivity index (χ4v) is 3.51. The Morgan fingerprint density at radius 1 is 1.29 bits per heavy atom. The highest BCUT2D eigenvalue weighted by molar-refractivity contribution is 14.0. The van der Waals surface area contributed by atoms with Crippen LogP contribution in [0.3, 0.4) is 0 Å². The minimum absolute atomic E-state index is 0. The molecule has 2 saturated heterocycles. The minimum atomic E-state index is -0.325. The van der Waals surface area contributed by atoms with Gasteiger partial charge in [-0.3, -0.25) is 19.6 Å². The molecule has 0 saturated carbocycles.